The molecule has 5 nitrogen and oxygen atoms in total. The number of nitrogens with zero attached hydrogens (tertiary/aromatic N) is 1. The number of likely N-dealkylation sites (tertiary alicyclic amines) is 1. The van der Waals surface area contributed by atoms with E-state index in [0.717, 1.165) is 25.9 Å². The van der Waals surface area contributed by atoms with Crippen LogP contribution in [0.4, 0.5) is 0 Å². The molecule has 1 heterocycles. The molecule has 1 aliphatic rings. The van der Waals surface area contributed by atoms with E-state index in [1.54, 1.807) is 0 Å². The first-order chi connectivity index (χ1) is 9.31. The highest BCUT2D eigenvalue weighted by Gasteiger charge is 2.27. The van der Waals surface area contributed by atoms with Gasteiger partial charge in [-0.05, 0) is 30.6 Å². The molecule has 0 saturated carbocycles. The van der Waals surface area contributed by atoms with E-state index < -0.39 is 6.04 Å². The molecule has 2 atom stereocenters. The molecule has 0 aromatic carbocycles. The fourth-order valence-electron chi connectivity index (χ4n) is 2.61. The quantitative estimate of drug-likeness (QED) is 0.777. The normalized spacial score (nSPS) is 19.6. The van der Waals surface area contributed by atoms with E-state index in [4.69, 9.17) is 5.73 Å². The molecule has 0 aliphatic carbocycles. The zero-order valence-corrected chi connectivity index (χ0v) is 14.4. The second-order valence-corrected chi connectivity index (χ2v) is 6.61. The minimum absolute atomic E-state index is 0. The number of nitrogens with two attached hydrogens (primary N) is 1. The van der Waals surface area contributed by atoms with Crippen molar-refractivity contribution in [3.8, 4) is 0 Å². The van der Waals surface area contributed by atoms with Crippen LogP contribution in [0.15, 0.2) is 0 Å². The number of hydrogen-bond donors (Lipinski definition) is 2. The lowest BCUT2D eigenvalue weighted by Gasteiger charge is -2.19. The number of nitrogens with one attached hydrogen (secondary N) is 1. The lowest BCUT2D eigenvalue weighted by Crippen LogP contribution is -2.47. The molecule has 0 aromatic rings. The molecule has 0 aromatic heterocycles. The van der Waals surface area contributed by atoms with Crippen molar-refractivity contribution in [1.82, 2.24) is 10.2 Å². The fraction of sp³-hybridized carbons (Fsp3) is 0.867. The Balaban J connectivity index is 0.00000400. The summed E-state index contributed by atoms with van der Waals surface area (Å²) in [6.07, 6.45) is 2.23. The molecule has 1 saturated heterocycles. The minimum Gasteiger partial charge on any atom is -0.346 e. The summed E-state index contributed by atoms with van der Waals surface area (Å²) in [7, 11) is 0. The molecule has 1 aliphatic heterocycles. The number of rotatable bonds is 6. The number of halogens is 1. The van der Waals surface area contributed by atoms with Crippen molar-refractivity contribution >= 4 is 24.2 Å². The van der Waals surface area contributed by atoms with Crippen LogP contribution < -0.4 is 11.1 Å². The van der Waals surface area contributed by atoms with Gasteiger partial charge in [0.2, 0.25) is 11.8 Å². The zero-order valence-electron chi connectivity index (χ0n) is 13.6. The Hall–Kier alpha value is -0.810. The monoisotopic (exact) mass is 319 g/mol. The topological polar surface area (TPSA) is 75.4 Å². The van der Waals surface area contributed by atoms with Crippen LogP contribution in [0.5, 0.6) is 0 Å². The Morgan fingerprint density at radius 1 is 1.29 bits per heavy atom. The van der Waals surface area contributed by atoms with E-state index >= 15 is 0 Å². The average Bonchev–Trinajstić information content (AvgIpc) is 2.81. The largest absolute Gasteiger partial charge is 0.346 e. The second kappa shape index (κ2) is 9.26. The molecule has 0 bridgehead atoms. The molecule has 1 rings (SSSR count). The second-order valence-electron chi connectivity index (χ2n) is 6.61. The number of carbonyl (C=O) groups is 2. The Morgan fingerprint density at radius 2 is 1.90 bits per heavy atom. The Labute approximate surface area is 134 Å². The van der Waals surface area contributed by atoms with Gasteiger partial charge in [-0.15, -0.1) is 12.4 Å². The molecule has 0 radical (unpaired) electrons. The molecular weight excluding hydrogens is 290 g/mol. The molecule has 1 fully saturated rings. The first-order valence-electron chi connectivity index (χ1n) is 7.62. The summed E-state index contributed by atoms with van der Waals surface area (Å²) in [4.78, 5) is 25.6. The van der Waals surface area contributed by atoms with Crippen LogP contribution in [0.2, 0.25) is 0 Å². The highest BCUT2D eigenvalue weighted by molar-refractivity contribution is 5.87. The molecule has 21 heavy (non-hydrogen) atoms. The van der Waals surface area contributed by atoms with Crippen LogP contribution in [0.25, 0.3) is 0 Å². The van der Waals surface area contributed by atoms with E-state index in [1.807, 2.05) is 18.7 Å². The van der Waals surface area contributed by atoms with E-state index in [1.165, 1.54) is 0 Å². The summed E-state index contributed by atoms with van der Waals surface area (Å²) in [6, 6.07) is -0.546. The van der Waals surface area contributed by atoms with Crippen molar-refractivity contribution in [3.63, 3.8) is 0 Å². The number of carbonyl (C=O) groups excluding carboxylic acids is 2. The van der Waals surface area contributed by atoms with Crippen molar-refractivity contribution < 1.29 is 9.59 Å². The molecule has 3 N–H and O–H groups in total. The Kier molecular flexibility index (Phi) is 8.90. The summed E-state index contributed by atoms with van der Waals surface area (Å²) < 4.78 is 0. The van der Waals surface area contributed by atoms with Gasteiger partial charge in [-0.3, -0.25) is 9.59 Å². The smallest absolute Gasteiger partial charge is 0.241 e. The van der Waals surface area contributed by atoms with E-state index in [2.05, 4.69) is 19.2 Å². The molecular formula is C15H30ClN3O2. The summed E-state index contributed by atoms with van der Waals surface area (Å²) in [6.45, 7) is 9.89. The van der Waals surface area contributed by atoms with Crippen LogP contribution in [0, 0.1) is 17.8 Å². The van der Waals surface area contributed by atoms with Gasteiger partial charge in [0.25, 0.3) is 0 Å². The number of hydrogen-bond acceptors (Lipinski definition) is 3. The van der Waals surface area contributed by atoms with Crippen LogP contribution in [-0.4, -0.2) is 42.4 Å². The lowest BCUT2D eigenvalue weighted by atomic mass is 9.97. The Morgan fingerprint density at radius 3 is 2.43 bits per heavy atom. The van der Waals surface area contributed by atoms with Gasteiger partial charge < -0.3 is 16.0 Å². The summed E-state index contributed by atoms with van der Waals surface area (Å²) >= 11 is 0. The summed E-state index contributed by atoms with van der Waals surface area (Å²) in [5.74, 6) is 1.10. The predicted octanol–water partition coefficient (Wildman–Crippen LogP) is 1.40. The molecule has 1 unspecified atom stereocenters. The third-order valence-corrected chi connectivity index (χ3v) is 3.88. The van der Waals surface area contributed by atoms with E-state index in [0.29, 0.717) is 11.8 Å². The molecule has 124 valence electrons. The van der Waals surface area contributed by atoms with Gasteiger partial charge in [-0.25, -0.2) is 0 Å². The van der Waals surface area contributed by atoms with Crippen molar-refractivity contribution in [2.45, 2.75) is 46.6 Å². The maximum atomic E-state index is 12.0. The van der Waals surface area contributed by atoms with Crippen molar-refractivity contribution in [1.29, 1.82) is 0 Å². The van der Waals surface area contributed by atoms with Crippen LogP contribution in [0.3, 0.4) is 0 Å². The van der Waals surface area contributed by atoms with Crippen LogP contribution in [0.1, 0.15) is 40.5 Å². The van der Waals surface area contributed by atoms with Crippen LogP contribution in [-0.2, 0) is 9.59 Å². The van der Waals surface area contributed by atoms with Crippen molar-refractivity contribution in [3.05, 3.63) is 0 Å². The minimum atomic E-state index is -0.546. The zero-order chi connectivity index (χ0) is 15.3. The maximum absolute atomic E-state index is 12.0. The molecule has 2 amide bonds. The van der Waals surface area contributed by atoms with Gasteiger partial charge >= 0.3 is 0 Å². The van der Waals surface area contributed by atoms with Gasteiger partial charge in [0.1, 0.15) is 0 Å². The van der Waals surface area contributed by atoms with E-state index in [-0.39, 0.29) is 36.7 Å². The molecule has 0 spiro atoms. The predicted molar refractivity (Wildman–Crippen MR) is 87.2 cm³/mol. The standard InChI is InChI=1S/C15H29N3O2.ClH/c1-10(2)7-12-5-6-18(9-12)13(19)8-17-15(20)14(16)11(3)4;/h10-12,14H,5-9,16H2,1-4H3,(H,17,20);1H/t12?,14-;/m0./s1. The molecule has 6 heteroatoms. The van der Waals surface area contributed by atoms with Gasteiger partial charge in [0.05, 0.1) is 12.6 Å². The Bertz CT molecular complexity index is 348. The summed E-state index contributed by atoms with van der Waals surface area (Å²) in [5, 5.41) is 2.64. The van der Waals surface area contributed by atoms with Gasteiger partial charge in [-0.2, -0.15) is 0 Å². The highest BCUT2D eigenvalue weighted by Crippen LogP contribution is 2.23. The van der Waals surface area contributed by atoms with Gasteiger partial charge in [0, 0.05) is 13.1 Å². The first kappa shape index (κ1) is 20.2. The van der Waals surface area contributed by atoms with Crippen LogP contribution >= 0.6 is 12.4 Å². The SMILES string of the molecule is CC(C)CC1CCN(C(=O)CNC(=O)[C@@H](N)C(C)C)C1.Cl. The summed E-state index contributed by atoms with van der Waals surface area (Å²) in [5.41, 5.74) is 5.74. The fourth-order valence-corrected chi connectivity index (χ4v) is 2.61. The highest BCUT2D eigenvalue weighted by atomic mass is 35.5. The lowest BCUT2D eigenvalue weighted by molar-refractivity contribution is -0.132. The van der Waals surface area contributed by atoms with Gasteiger partial charge in [-0.1, -0.05) is 27.7 Å². The third kappa shape index (κ3) is 6.66. The van der Waals surface area contributed by atoms with Crippen molar-refractivity contribution in [2.24, 2.45) is 23.5 Å². The maximum Gasteiger partial charge on any atom is 0.241 e. The average molecular weight is 320 g/mol. The van der Waals surface area contributed by atoms with Gasteiger partial charge in [0.15, 0.2) is 0 Å². The number of amides is 2. The van der Waals surface area contributed by atoms with Crippen molar-refractivity contribution in [2.75, 3.05) is 19.6 Å². The first-order valence-corrected chi connectivity index (χ1v) is 7.62. The third-order valence-electron chi connectivity index (χ3n) is 3.88. The van der Waals surface area contributed by atoms with E-state index in [9.17, 15) is 9.59 Å².